The van der Waals surface area contributed by atoms with E-state index in [0.29, 0.717) is 0 Å². The van der Waals surface area contributed by atoms with E-state index in [4.69, 9.17) is 11.6 Å². The van der Waals surface area contributed by atoms with Gasteiger partial charge in [0.1, 0.15) is 0 Å². The number of rotatable bonds is 4. The highest BCUT2D eigenvalue weighted by Crippen LogP contribution is 2.73. The number of hydrogen-bond acceptors (Lipinski definition) is 0. The molecule has 0 nitrogen and oxygen atoms in total. The molecule has 3 heteroatoms. The fourth-order valence-electron chi connectivity index (χ4n) is 3.40. The van der Waals surface area contributed by atoms with Crippen LogP contribution in [0.2, 0.25) is 5.02 Å². The lowest BCUT2D eigenvalue weighted by Crippen LogP contribution is -2.05. The molecule has 4 rings (SSSR count). The Morgan fingerprint density at radius 2 is 0.926 bits per heavy atom. The highest BCUT2D eigenvalue weighted by Gasteiger charge is 2.33. The van der Waals surface area contributed by atoms with Gasteiger partial charge in [0.15, 0.2) is 0 Å². The first kappa shape index (κ1) is 18.4. The summed E-state index contributed by atoms with van der Waals surface area (Å²) in [5.41, 5.74) is 0. The predicted octanol–water partition coefficient (Wildman–Crippen LogP) is 8.44. The van der Waals surface area contributed by atoms with Crippen LogP contribution in [0.1, 0.15) is 0 Å². The minimum Gasteiger partial charge on any atom is -0.133 e. The van der Waals surface area contributed by atoms with Gasteiger partial charge in [-0.15, -0.1) is 10.0 Å². The summed E-state index contributed by atoms with van der Waals surface area (Å²) >= 11 is 10.2. The summed E-state index contributed by atoms with van der Waals surface area (Å²) in [5, 5.41) is 0.735. The molecule has 0 unspecified atom stereocenters. The Kier molecular flexibility index (Phi) is 5.40. The van der Waals surface area contributed by atoms with Crippen LogP contribution in [0, 0.1) is 0 Å². The van der Waals surface area contributed by atoms with Crippen LogP contribution in [0.15, 0.2) is 133 Å². The van der Waals surface area contributed by atoms with E-state index in [2.05, 4.69) is 119 Å². The second-order valence-corrected chi connectivity index (χ2v) is 10.6. The molecule has 0 spiro atoms. The van der Waals surface area contributed by atoms with E-state index in [-0.39, 0.29) is 0 Å². The molecular weight excluding hydrogens is 436 g/mol. The summed E-state index contributed by atoms with van der Waals surface area (Å²) in [7, 11) is -1.67. The molecule has 0 bridgehead atoms. The number of halogens is 2. The maximum Gasteiger partial charge on any atom is 0.0428 e. The third-order valence-corrected chi connectivity index (χ3v) is 9.04. The van der Waals surface area contributed by atoms with Gasteiger partial charge >= 0.3 is 0 Å². The quantitative estimate of drug-likeness (QED) is 0.291. The van der Waals surface area contributed by atoms with E-state index >= 15 is 0 Å². The molecule has 0 aliphatic rings. The second-order valence-electron chi connectivity index (χ2n) is 6.16. The van der Waals surface area contributed by atoms with Crippen molar-refractivity contribution in [3.05, 3.63) is 119 Å². The van der Waals surface area contributed by atoms with Crippen LogP contribution in [0.4, 0.5) is 0 Å². The minimum atomic E-state index is -1.67. The summed E-state index contributed by atoms with van der Waals surface area (Å²) in [4.78, 5) is 5.08. The van der Waals surface area contributed by atoms with E-state index in [9.17, 15) is 0 Å². The molecule has 0 saturated carbocycles. The number of hydrogen-bond donors (Lipinski definition) is 0. The lowest BCUT2D eigenvalue weighted by atomic mass is 10.3. The highest BCUT2D eigenvalue weighted by atomic mass is 79.9. The Morgan fingerprint density at radius 1 is 0.519 bits per heavy atom. The summed E-state index contributed by atoms with van der Waals surface area (Å²) in [6, 6.07) is 38.5. The van der Waals surface area contributed by atoms with E-state index in [1.165, 1.54) is 19.6 Å². The predicted molar refractivity (Wildman–Crippen MR) is 119 cm³/mol. The smallest absolute Gasteiger partial charge is 0.0428 e. The van der Waals surface area contributed by atoms with E-state index in [0.717, 1.165) is 9.50 Å². The first-order chi connectivity index (χ1) is 13.2. The van der Waals surface area contributed by atoms with Gasteiger partial charge in [-0.05, 0) is 54.6 Å². The molecule has 134 valence electrons. The molecule has 0 aliphatic carbocycles. The Morgan fingerprint density at radius 3 is 1.30 bits per heavy atom. The first-order valence-corrected chi connectivity index (χ1v) is 11.5. The van der Waals surface area contributed by atoms with Gasteiger partial charge in [-0.3, -0.25) is 0 Å². The molecule has 0 aliphatic heterocycles. The van der Waals surface area contributed by atoms with E-state index in [1.54, 1.807) is 0 Å². The Balaban J connectivity index is 2.16. The molecule has 0 N–H and O–H groups in total. The molecule has 0 fully saturated rings. The molecule has 4 aromatic rings. The molecule has 0 aromatic heterocycles. The fraction of sp³-hybridized carbons (Fsp3) is 0. The zero-order valence-corrected chi connectivity index (χ0v) is 17.7. The first-order valence-electron chi connectivity index (χ1n) is 8.66. The van der Waals surface area contributed by atoms with Crippen LogP contribution in [0.5, 0.6) is 0 Å². The van der Waals surface area contributed by atoms with Crippen molar-refractivity contribution in [2.24, 2.45) is 0 Å². The summed E-state index contributed by atoms with van der Waals surface area (Å²) < 4.78 is 0.990. The van der Waals surface area contributed by atoms with Crippen molar-refractivity contribution >= 4 is 37.6 Å². The molecule has 0 atom stereocenters. The molecule has 4 aromatic carbocycles. The fourth-order valence-corrected chi connectivity index (χ4v) is 8.41. The Bertz CT molecular complexity index is 917. The lowest BCUT2D eigenvalue weighted by Gasteiger charge is -2.42. The standard InChI is InChI=1S/C24H18BrClS/c25-19-16-20(26)18-24(17-19)27(21-10-4-1-5-11-21,22-12-6-2-7-13-22)23-14-8-3-9-15-23/h1-18H. The van der Waals surface area contributed by atoms with Crippen molar-refractivity contribution in [1.82, 2.24) is 0 Å². The normalized spacial score (nSPS) is 11.9. The van der Waals surface area contributed by atoms with E-state index < -0.39 is 10.0 Å². The highest BCUT2D eigenvalue weighted by molar-refractivity contribution is 9.10. The summed E-state index contributed by atoms with van der Waals surface area (Å²) in [6.07, 6.45) is 0. The monoisotopic (exact) mass is 452 g/mol. The van der Waals surface area contributed by atoms with Gasteiger partial charge in [0.2, 0.25) is 0 Å². The average molecular weight is 454 g/mol. The van der Waals surface area contributed by atoms with Crippen molar-refractivity contribution < 1.29 is 0 Å². The summed E-state index contributed by atoms with van der Waals surface area (Å²) in [5.74, 6) is 0. The van der Waals surface area contributed by atoms with Crippen LogP contribution in [-0.4, -0.2) is 0 Å². The van der Waals surface area contributed by atoms with Crippen LogP contribution >= 0.6 is 37.6 Å². The van der Waals surface area contributed by atoms with Gasteiger partial charge in [0.25, 0.3) is 0 Å². The van der Waals surface area contributed by atoms with Crippen LogP contribution in [-0.2, 0) is 0 Å². The van der Waals surface area contributed by atoms with E-state index in [1.807, 2.05) is 6.07 Å². The van der Waals surface area contributed by atoms with Gasteiger partial charge in [-0.2, -0.15) is 0 Å². The molecule has 0 radical (unpaired) electrons. The molecule has 0 heterocycles. The molecule has 0 saturated heterocycles. The van der Waals surface area contributed by atoms with Gasteiger partial charge in [0.05, 0.1) is 0 Å². The van der Waals surface area contributed by atoms with Crippen LogP contribution in [0.25, 0.3) is 0 Å². The molecule has 27 heavy (non-hydrogen) atoms. The van der Waals surface area contributed by atoms with Crippen molar-refractivity contribution in [1.29, 1.82) is 0 Å². The van der Waals surface area contributed by atoms with Crippen LogP contribution < -0.4 is 0 Å². The SMILES string of the molecule is Clc1cc(Br)cc(S(c2ccccc2)(c2ccccc2)c2ccccc2)c1. The average Bonchev–Trinajstić information content (AvgIpc) is 2.70. The second kappa shape index (κ2) is 7.93. The van der Waals surface area contributed by atoms with Crippen molar-refractivity contribution in [2.45, 2.75) is 19.6 Å². The lowest BCUT2D eigenvalue weighted by molar-refractivity contribution is 1.24. The zero-order chi connectivity index (χ0) is 18.7. The molecule has 0 amide bonds. The van der Waals surface area contributed by atoms with Gasteiger partial charge < -0.3 is 0 Å². The van der Waals surface area contributed by atoms with Crippen molar-refractivity contribution in [2.75, 3.05) is 0 Å². The van der Waals surface area contributed by atoms with Crippen molar-refractivity contribution in [3.8, 4) is 0 Å². The zero-order valence-electron chi connectivity index (χ0n) is 14.6. The maximum atomic E-state index is 6.50. The van der Waals surface area contributed by atoms with Gasteiger partial charge in [-0.25, -0.2) is 0 Å². The topological polar surface area (TPSA) is 0 Å². The maximum absolute atomic E-state index is 6.50. The van der Waals surface area contributed by atoms with Gasteiger partial charge in [0, 0.05) is 29.1 Å². The third-order valence-electron chi connectivity index (χ3n) is 4.48. The largest absolute Gasteiger partial charge is 0.133 e. The number of benzene rings is 4. The summed E-state index contributed by atoms with van der Waals surface area (Å²) in [6.45, 7) is 0. The minimum absolute atomic E-state index is 0.735. The van der Waals surface area contributed by atoms with Gasteiger partial charge in [-0.1, -0.05) is 82.1 Å². The van der Waals surface area contributed by atoms with Crippen molar-refractivity contribution in [3.63, 3.8) is 0 Å². The Labute approximate surface area is 175 Å². The third kappa shape index (κ3) is 3.45. The molecular formula is C24H18BrClS. The van der Waals surface area contributed by atoms with Crippen LogP contribution in [0.3, 0.4) is 0 Å². The Hall–Kier alpha value is -2.00.